The van der Waals surface area contributed by atoms with Crippen molar-refractivity contribution in [2.24, 2.45) is 7.05 Å². The molecule has 0 spiro atoms. The van der Waals surface area contributed by atoms with E-state index in [4.69, 9.17) is 9.47 Å². The molecule has 1 unspecified atom stereocenters. The molecule has 2 aliphatic carbocycles. The van der Waals surface area contributed by atoms with Crippen molar-refractivity contribution >= 4 is 0 Å². The molecule has 1 fully saturated rings. The highest BCUT2D eigenvalue weighted by atomic mass is 16.5. The van der Waals surface area contributed by atoms with Gasteiger partial charge in [-0.1, -0.05) is 18.2 Å². The van der Waals surface area contributed by atoms with E-state index in [1.165, 1.54) is 29.8 Å². The summed E-state index contributed by atoms with van der Waals surface area (Å²) in [6.45, 7) is 0. The largest absolute Gasteiger partial charge is 0.466 e. The summed E-state index contributed by atoms with van der Waals surface area (Å²) in [4.78, 5) is 23.9. The van der Waals surface area contributed by atoms with Crippen molar-refractivity contribution in [2.75, 3.05) is 0 Å². The van der Waals surface area contributed by atoms with Gasteiger partial charge in [0.1, 0.15) is 25.0 Å². The van der Waals surface area contributed by atoms with Gasteiger partial charge in [-0.25, -0.2) is 9.48 Å². The van der Waals surface area contributed by atoms with Crippen molar-refractivity contribution in [3.05, 3.63) is 75.4 Å². The monoisotopic (exact) mass is 398 g/mol. The lowest BCUT2D eigenvalue weighted by Crippen LogP contribution is -2.45. The van der Waals surface area contributed by atoms with E-state index in [-0.39, 0.29) is 23.3 Å². The number of hydrogen-bond donors (Lipinski definition) is 1. The Kier molecular flexibility index (Phi) is 5.80. The fourth-order valence-corrected chi connectivity index (χ4v) is 4.11. The molecule has 1 aromatic rings. The topological polar surface area (TPSA) is 87.4 Å². The maximum absolute atomic E-state index is 12.4. The molecule has 29 heavy (non-hydrogen) atoms. The Morgan fingerprint density at radius 1 is 1.21 bits per heavy atom. The molecule has 1 atom stereocenters. The number of rotatable bonds is 5. The van der Waals surface area contributed by atoms with Crippen LogP contribution >= 0.6 is 0 Å². The van der Waals surface area contributed by atoms with Crippen LogP contribution in [0.2, 0.25) is 0 Å². The highest BCUT2D eigenvalue weighted by molar-refractivity contribution is 5.29. The molecule has 8 nitrogen and oxygen atoms in total. The van der Waals surface area contributed by atoms with Gasteiger partial charge in [-0.15, -0.1) is 0 Å². The first-order valence-corrected chi connectivity index (χ1v) is 10.1. The standard InChI is InChI=1S/C21H26N4O4/c1-24-19(26)13-22-25(21(24)27)17-9-7-16(8-10-17)23-20(15-5-3-2-4-6-15)18-14-28-11-12-29-18/h2-3,5,11-14,16-17,20,23H,4,6-10H2,1H3. The summed E-state index contributed by atoms with van der Waals surface area (Å²) in [6.07, 6.45) is 17.8. The molecular weight excluding hydrogens is 372 g/mol. The minimum atomic E-state index is -0.378. The van der Waals surface area contributed by atoms with Crippen LogP contribution in [-0.2, 0) is 16.5 Å². The average molecular weight is 398 g/mol. The second-order valence-electron chi connectivity index (χ2n) is 7.63. The van der Waals surface area contributed by atoms with E-state index in [1.54, 1.807) is 12.5 Å². The molecule has 0 bridgehead atoms. The number of aromatic nitrogens is 3. The summed E-state index contributed by atoms with van der Waals surface area (Å²) in [7, 11) is 1.49. The van der Waals surface area contributed by atoms with Gasteiger partial charge >= 0.3 is 5.69 Å². The number of allylic oxidation sites excluding steroid dienone is 3. The fourth-order valence-electron chi connectivity index (χ4n) is 4.11. The average Bonchev–Trinajstić information content (AvgIpc) is 2.78. The quantitative estimate of drug-likeness (QED) is 0.817. The zero-order chi connectivity index (χ0) is 20.2. The van der Waals surface area contributed by atoms with Crippen LogP contribution in [0.3, 0.4) is 0 Å². The Labute approximate surface area is 168 Å². The third-order valence-electron chi connectivity index (χ3n) is 5.77. The lowest BCUT2D eigenvalue weighted by molar-refractivity contribution is 0.211. The molecule has 4 rings (SSSR count). The smallest absolute Gasteiger partial charge is 0.347 e. The lowest BCUT2D eigenvalue weighted by atomic mass is 9.89. The molecule has 0 aromatic carbocycles. The van der Waals surface area contributed by atoms with Crippen molar-refractivity contribution < 1.29 is 9.47 Å². The van der Waals surface area contributed by atoms with Crippen LogP contribution in [0.5, 0.6) is 0 Å². The van der Waals surface area contributed by atoms with Gasteiger partial charge in [0, 0.05) is 13.1 Å². The zero-order valence-electron chi connectivity index (χ0n) is 16.5. The summed E-state index contributed by atoms with van der Waals surface area (Å²) >= 11 is 0. The van der Waals surface area contributed by atoms with Gasteiger partial charge in [-0.05, 0) is 44.1 Å². The second kappa shape index (κ2) is 8.65. The highest BCUT2D eigenvalue weighted by Crippen LogP contribution is 2.30. The van der Waals surface area contributed by atoms with Crippen molar-refractivity contribution in [1.82, 2.24) is 19.7 Å². The molecule has 0 amide bonds. The SMILES string of the molecule is Cn1c(=O)cnn(C2CCC(NC(C3=CC=CCC3)C3=COC=CO3)CC2)c1=O. The molecule has 1 saturated carbocycles. The van der Waals surface area contributed by atoms with Gasteiger partial charge < -0.3 is 14.8 Å². The van der Waals surface area contributed by atoms with Crippen molar-refractivity contribution in [2.45, 2.75) is 56.7 Å². The molecular formula is C21H26N4O4. The predicted molar refractivity (Wildman–Crippen MR) is 108 cm³/mol. The van der Waals surface area contributed by atoms with Crippen LogP contribution in [0.4, 0.5) is 0 Å². The molecule has 0 radical (unpaired) electrons. The van der Waals surface area contributed by atoms with Gasteiger partial charge in [-0.2, -0.15) is 5.10 Å². The number of nitrogens with one attached hydrogen (secondary N) is 1. The van der Waals surface area contributed by atoms with Crippen LogP contribution in [0, 0.1) is 0 Å². The Morgan fingerprint density at radius 3 is 2.72 bits per heavy atom. The van der Waals surface area contributed by atoms with Crippen LogP contribution in [0.25, 0.3) is 0 Å². The Morgan fingerprint density at radius 2 is 2.03 bits per heavy atom. The summed E-state index contributed by atoms with van der Waals surface area (Å²) < 4.78 is 13.6. The number of hydrogen-bond acceptors (Lipinski definition) is 6. The maximum Gasteiger partial charge on any atom is 0.347 e. The molecule has 1 N–H and O–H groups in total. The molecule has 3 aliphatic rings. The van der Waals surface area contributed by atoms with Gasteiger partial charge in [0.25, 0.3) is 5.56 Å². The van der Waals surface area contributed by atoms with E-state index in [9.17, 15) is 9.59 Å². The molecule has 2 heterocycles. The first-order chi connectivity index (χ1) is 14.1. The molecule has 154 valence electrons. The molecule has 1 aromatic heterocycles. The Balaban J connectivity index is 1.44. The van der Waals surface area contributed by atoms with Gasteiger partial charge in [0.05, 0.1) is 12.1 Å². The van der Waals surface area contributed by atoms with Crippen LogP contribution < -0.4 is 16.6 Å². The minimum absolute atomic E-state index is 0.0130. The molecule has 0 saturated heterocycles. The molecule has 1 aliphatic heterocycles. The van der Waals surface area contributed by atoms with Crippen LogP contribution in [0.15, 0.2) is 64.1 Å². The number of nitrogens with zero attached hydrogens (tertiary/aromatic N) is 3. The summed E-state index contributed by atoms with van der Waals surface area (Å²) in [5.41, 5.74) is 0.544. The first-order valence-electron chi connectivity index (χ1n) is 10.1. The van der Waals surface area contributed by atoms with Gasteiger partial charge in [-0.3, -0.25) is 9.36 Å². The first kappa shape index (κ1) is 19.4. The Hall–Kier alpha value is -2.87. The fraction of sp³-hybridized carbons (Fsp3) is 0.476. The van der Waals surface area contributed by atoms with E-state index in [2.05, 4.69) is 28.6 Å². The van der Waals surface area contributed by atoms with Crippen molar-refractivity contribution in [1.29, 1.82) is 0 Å². The maximum atomic E-state index is 12.4. The van der Waals surface area contributed by atoms with Crippen molar-refractivity contribution in [3.8, 4) is 0 Å². The van der Waals surface area contributed by atoms with Crippen LogP contribution in [0.1, 0.15) is 44.6 Å². The molecule has 8 heteroatoms. The van der Waals surface area contributed by atoms with E-state index in [1.807, 2.05) is 0 Å². The third kappa shape index (κ3) is 4.27. The normalized spacial score (nSPS) is 24.9. The van der Waals surface area contributed by atoms with E-state index < -0.39 is 0 Å². The zero-order valence-corrected chi connectivity index (χ0v) is 16.5. The highest BCUT2D eigenvalue weighted by Gasteiger charge is 2.29. The van der Waals surface area contributed by atoms with E-state index in [0.717, 1.165) is 48.9 Å². The third-order valence-corrected chi connectivity index (χ3v) is 5.77. The van der Waals surface area contributed by atoms with Crippen LogP contribution in [-0.4, -0.2) is 26.4 Å². The summed E-state index contributed by atoms with van der Waals surface area (Å²) in [5.74, 6) is 0.757. The lowest BCUT2D eigenvalue weighted by Gasteiger charge is -2.34. The van der Waals surface area contributed by atoms with Gasteiger partial charge in [0.2, 0.25) is 0 Å². The number of ether oxygens (including phenoxy) is 2. The Bertz CT molecular complexity index is 977. The summed E-state index contributed by atoms with van der Waals surface area (Å²) in [5, 5.41) is 7.81. The summed E-state index contributed by atoms with van der Waals surface area (Å²) in [6, 6.07) is 0.269. The van der Waals surface area contributed by atoms with Crippen molar-refractivity contribution in [3.63, 3.8) is 0 Å². The predicted octanol–water partition coefficient (Wildman–Crippen LogP) is 2.02. The second-order valence-corrected chi connectivity index (χ2v) is 7.63. The van der Waals surface area contributed by atoms with E-state index in [0.29, 0.717) is 6.04 Å². The van der Waals surface area contributed by atoms with Gasteiger partial charge in [0.15, 0.2) is 5.76 Å². The van der Waals surface area contributed by atoms with E-state index >= 15 is 0 Å². The minimum Gasteiger partial charge on any atom is -0.466 e.